The summed E-state index contributed by atoms with van der Waals surface area (Å²) in [5, 5.41) is 0. The summed E-state index contributed by atoms with van der Waals surface area (Å²) in [6, 6.07) is 0.274. The Morgan fingerprint density at radius 2 is 1.81 bits per heavy atom. The lowest BCUT2D eigenvalue weighted by atomic mass is 9.79. The Balaban J connectivity index is 2.13. The second kappa shape index (κ2) is 5.23. The summed E-state index contributed by atoms with van der Waals surface area (Å²) >= 11 is 5.57. The molecule has 0 aromatic carbocycles. The molecule has 2 fully saturated rings. The lowest BCUT2D eigenvalue weighted by Gasteiger charge is -2.43. The summed E-state index contributed by atoms with van der Waals surface area (Å²) in [6.45, 7) is 0.709. The van der Waals surface area contributed by atoms with E-state index in [4.69, 9.17) is 11.6 Å². The number of fused-ring (bicyclic) bond motifs is 1. The number of sulfonamides is 1. The van der Waals surface area contributed by atoms with E-state index in [2.05, 4.69) is 0 Å². The zero-order chi connectivity index (χ0) is 11.6. The molecule has 1 aliphatic carbocycles. The third-order valence-corrected chi connectivity index (χ3v) is 6.19. The van der Waals surface area contributed by atoms with Crippen LogP contribution in [0, 0.1) is 5.92 Å². The van der Waals surface area contributed by atoms with Gasteiger partial charge in [0.05, 0.1) is 5.75 Å². The second-order valence-electron chi connectivity index (χ2n) is 4.87. The van der Waals surface area contributed by atoms with E-state index in [0.29, 0.717) is 12.5 Å². The molecule has 2 rings (SSSR count). The van der Waals surface area contributed by atoms with Crippen LogP contribution in [0.2, 0.25) is 0 Å². The monoisotopic (exact) mass is 265 g/mol. The van der Waals surface area contributed by atoms with Gasteiger partial charge >= 0.3 is 0 Å². The smallest absolute Gasteiger partial charge is 0.212 e. The molecule has 0 aromatic rings. The summed E-state index contributed by atoms with van der Waals surface area (Å²) in [5.41, 5.74) is 0. The number of halogens is 1. The van der Waals surface area contributed by atoms with E-state index in [1.54, 1.807) is 4.31 Å². The van der Waals surface area contributed by atoms with E-state index in [1.165, 1.54) is 25.7 Å². The van der Waals surface area contributed by atoms with Crippen LogP contribution in [0.5, 0.6) is 0 Å². The Kier molecular flexibility index (Phi) is 4.14. The molecule has 2 aliphatic rings. The first-order valence-electron chi connectivity index (χ1n) is 6.20. The van der Waals surface area contributed by atoms with Crippen LogP contribution in [0.15, 0.2) is 0 Å². The topological polar surface area (TPSA) is 37.4 Å². The van der Waals surface area contributed by atoms with Gasteiger partial charge in [-0.05, 0) is 31.6 Å². The first-order valence-corrected chi connectivity index (χ1v) is 8.35. The molecule has 0 spiro atoms. The highest BCUT2D eigenvalue weighted by Crippen LogP contribution is 2.36. The standard InChI is InChI=1S/C11H20ClNO2S/c12-7-9-16(14,15)13-8-3-5-10-4-1-2-6-11(10)13/h10-11H,1-9H2. The number of hydrogen-bond acceptors (Lipinski definition) is 2. The van der Waals surface area contributed by atoms with Crippen LogP contribution in [-0.4, -0.2) is 36.9 Å². The average molecular weight is 266 g/mol. The highest BCUT2D eigenvalue weighted by atomic mass is 35.5. The van der Waals surface area contributed by atoms with Crippen LogP contribution in [0.3, 0.4) is 0 Å². The van der Waals surface area contributed by atoms with Gasteiger partial charge in [-0.3, -0.25) is 0 Å². The van der Waals surface area contributed by atoms with E-state index < -0.39 is 10.0 Å². The molecule has 1 aliphatic heterocycles. The largest absolute Gasteiger partial charge is 0.215 e. The van der Waals surface area contributed by atoms with Crippen LogP contribution in [0.4, 0.5) is 0 Å². The number of nitrogens with zero attached hydrogens (tertiary/aromatic N) is 1. The van der Waals surface area contributed by atoms with E-state index >= 15 is 0 Å². The zero-order valence-electron chi connectivity index (χ0n) is 9.57. The molecule has 16 heavy (non-hydrogen) atoms. The molecule has 94 valence electrons. The fourth-order valence-electron chi connectivity index (χ4n) is 3.14. The molecule has 0 radical (unpaired) electrons. The van der Waals surface area contributed by atoms with E-state index in [0.717, 1.165) is 12.8 Å². The number of rotatable bonds is 3. The summed E-state index contributed by atoms with van der Waals surface area (Å²) in [4.78, 5) is 0. The lowest BCUT2D eigenvalue weighted by molar-refractivity contribution is 0.129. The third kappa shape index (κ3) is 2.54. The Morgan fingerprint density at radius 3 is 2.56 bits per heavy atom. The average Bonchev–Trinajstić information content (AvgIpc) is 2.28. The SMILES string of the molecule is O=S(=O)(CCCl)N1CCCC2CCCCC21. The Bertz CT molecular complexity index is 329. The van der Waals surface area contributed by atoms with E-state index in [1.807, 2.05) is 0 Å². The minimum absolute atomic E-state index is 0.0950. The molecule has 3 nitrogen and oxygen atoms in total. The Labute approximate surface area is 103 Å². The van der Waals surface area contributed by atoms with Gasteiger partial charge in [-0.25, -0.2) is 8.42 Å². The quantitative estimate of drug-likeness (QED) is 0.734. The Morgan fingerprint density at radius 1 is 1.12 bits per heavy atom. The number of piperidine rings is 1. The maximum Gasteiger partial charge on any atom is 0.215 e. The fourth-order valence-corrected chi connectivity index (χ4v) is 5.25. The maximum atomic E-state index is 12.1. The molecular formula is C11H20ClNO2S. The van der Waals surface area contributed by atoms with Gasteiger partial charge in [-0.1, -0.05) is 12.8 Å². The van der Waals surface area contributed by atoms with E-state index in [-0.39, 0.29) is 17.7 Å². The minimum Gasteiger partial charge on any atom is -0.212 e. The van der Waals surface area contributed by atoms with Gasteiger partial charge in [0.2, 0.25) is 10.0 Å². The molecule has 1 heterocycles. The molecule has 5 heteroatoms. The number of hydrogen-bond donors (Lipinski definition) is 0. The van der Waals surface area contributed by atoms with Crippen molar-refractivity contribution in [3.8, 4) is 0 Å². The van der Waals surface area contributed by atoms with Crippen molar-refractivity contribution < 1.29 is 8.42 Å². The summed E-state index contributed by atoms with van der Waals surface area (Å²) < 4.78 is 25.9. The van der Waals surface area contributed by atoms with Crippen LogP contribution in [0.25, 0.3) is 0 Å². The third-order valence-electron chi connectivity index (χ3n) is 3.88. The molecule has 1 saturated carbocycles. The minimum atomic E-state index is -3.10. The van der Waals surface area contributed by atoms with Gasteiger partial charge in [0.25, 0.3) is 0 Å². The molecule has 0 aromatic heterocycles. The fraction of sp³-hybridized carbons (Fsp3) is 1.00. The molecule has 2 atom stereocenters. The van der Waals surface area contributed by atoms with Crippen molar-refractivity contribution >= 4 is 21.6 Å². The van der Waals surface area contributed by atoms with Crippen molar-refractivity contribution in [3.05, 3.63) is 0 Å². The van der Waals surface area contributed by atoms with Gasteiger partial charge in [-0.15, -0.1) is 11.6 Å². The van der Waals surface area contributed by atoms with Crippen LogP contribution < -0.4 is 0 Å². The second-order valence-corrected chi connectivity index (χ2v) is 7.29. The molecule has 0 bridgehead atoms. The summed E-state index contributed by atoms with van der Waals surface area (Å²) in [6.07, 6.45) is 6.92. The number of alkyl halides is 1. The van der Waals surface area contributed by atoms with Gasteiger partial charge in [0.1, 0.15) is 0 Å². The summed E-state index contributed by atoms with van der Waals surface area (Å²) in [5.74, 6) is 0.904. The predicted octanol–water partition coefficient (Wildman–Crippen LogP) is 2.21. The molecule has 0 N–H and O–H groups in total. The van der Waals surface area contributed by atoms with Gasteiger partial charge in [-0.2, -0.15) is 4.31 Å². The lowest BCUT2D eigenvalue weighted by Crippen LogP contribution is -2.50. The van der Waals surface area contributed by atoms with Crippen molar-refractivity contribution in [3.63, 3.8) is 0 Å². The first kappa shape index (κ1) is 12.7. The Hall–Kier alpha value is 0.200. The maximum absolute atomic E-state index is 12.1. The highest BCUT2D eigenvalue weighted by molar-refractivity contribution is 7.89. The normalized spacial score (nSPS) is 32.3. The van der Waals surface area contributed by atoms with Gasteiger partial charge in [0, 0.05) is 18.5 Å². The predicted molar refractivity (Wildman–Crippen MR) is 66.2 cm³/mol. The van der Waals surface area contributed by atoms with Crippen molar-refractivity contribution in [1.82, 2.24) is 4.31 Å². The molecular weight excluding hydrogens is 246 g/mol. The summed E-state index contributed by atoms with van der Waals surface area (Å²) in [7, 11) is -3.10. The molecule has 1 saturated heterocycles. The van der Waals surface area contributed by atoms with Crippen LogP contribution in [0.1, 0.15) is 38.5 Å². The zero-order valence-corrected chi connectivity index (χ0v) is 11.1. The van der Waals surface area contributed by atoms with E-state index in [9.17, 15) is 8.42 Å². The van der Waals surface area contributed by atoms with Crippen molar-refractivity contribution in [1.29, 1.82) is 0 Å². The van der Waals surface area contributed by atoms with Crippen molar-refractivity contribution in [2.24, 2.45) is 5.92 Å². The van der Waals surface area contributed by atoms with Crippen molar-refractivity contribution in [2.45, 2.75) is 44.6 Å². The van der Waals surface area contributed by atoms with Gasteiger partial charge in [0.15, 0.2) is 0 Å². The molecule has 2 unspecified atom stereocenters. The van der Waals surface area contributed by atoms with Crippen LogP contribution >= 0.6 is 11.6 Å². The first-order chi connectivity index (χ1) is 7.65. The van der Waals surface area contributed by atoms with Crippen molar-refractivity contribution in [2.75, 3.05) is 18.2 Å². The highest BCUT2D eigenvalue weighted by Gasteiger charge is 2.38. The van der Waals surface area contributed by atoms with Crippen LogP contribution in [-0.2, 0) is 10.0 Å². The van der Waals surface area contributed by atoms with Gasteiger partial charge < -0.3 is 0 Å². The molecule has 0 amide bonds.